The van der Waals surface area contributed by atoms with Crippen LogP contribution in [-0.4, -0.2) is 54.4 Å². The van der Waals surface area contributed by atoms with Crippen LogP contribution in [0.5, 0.6) is 0 Å². The number of piperidine rings is 1. The standard InChI is InChI=1S/C23H24BrCl2N5O3S/c1-27-35(33,34)19-4-5-21(24)20(12-19)23(32)30-8-6-15(7-9-30)10-18-14-31(29-28-18)13-16-2-3-17(25)11-22(16)26/h2-5,11-12,14-15,27H,6-10,13H2,1H3. The summed E-state index contributed by atoms with van der Waals surface area (Å²) in [6.45, 7) is 1.69. The third-order valence-corrected chi connectivity index (χ3v) is 8.77. The molecule has 1 fully saturated rings. The Balaban J connectivity index is 1.35. The zero-order valence-electron chi connectivity index (χ0n) is 18.9. The zero-order valence-corrected chi connectivity index (χ0v) is 22.8. The monoisotopic (exact) mass is 599 g/mol. The second kappa shape index (κ2) is 11.0. The van der Waals surface area contributed by atoms with Crippen LogP contribution >= 0.6 is 39.1 Å². The highest BCUT2D eigenvalue weighted by Crippen LogP contribution is 2.27. The van der Waals surface area contributed by atoms with Crippen LogP contribution in [0.4, 0.5) is 0 Å². The van der Waals surface area contributed by atoms with Gasteiger partial charge in [-0.3, -0.25) is 4.79 Å². The number of nitrogens with one attached hydrogen (secondary N) is 1. The van der Waals surface area contributed by atoms with Gasteiger partial charge in [0.1, 0.15) is 0 Å². The van der Waals surface area contributed by atoms with Crippen molar-refractivity contribution in [2.24, 2.45) is 5.92 Å². The Morgan fingerprint density at radius 1 is 1.17 bits per heavy atom. The van der Waals surface area contributed by atoms with E-state index < -0.39 is 10.0 Å². The average Bonchev–Trinajstić information content (AvgIpc) is 3.28. The number of aromatic nitrogens is 3. The lowest BCUT2D eigenvalue weighted by Crippen LogP contribution is -2.39. The first-order chi connectivity index (χ1) is 16.7. The van der Waals surface area contributed by atoms with Crippen molar-refractivity contribution >= 4 is 55.1 Å². The van der Waals surface area contributed by atoms with E-state index in [1.807, 2.05) is 12.3 Å². The van der Waals surface area contributed by atoms with Gasteiger partial charge in [-0.15, -0.1) is 5.10 Å². The molecule has 0 atom stereocenters. The lowest BCUT2D eigenvalue weighted by molar-refractivity contribution is 0.0689. The second-order valence-corrected chi connectivity index (χ2v) is 12.0. The van der Waals surface area contributed by atoms with Crippen LogP contribution in [-0.2, 0) is 23.0 Å². The van der Waals surface area contributed by atoms with E-state index in [9.17, 15) is 13.2 Å². The normalized spacial score (nSPS) is 14.9. The number of sulfonamides is 1. The first-order valence-corrected chi connectivity index (χ1v) is 14.0. The molecule has 0 saturated carbocycles. The predicted molar refractivity (Wildman–Crippen MR) is 138 cm³/mol. The summed E-state index contributed by atoms with van der Waals surface area (Å²) in [5, 5.41) is 9.70. The molecule has 4 rings (SSSR count). The van der Waals surface area contributed by atoms with Gasteiger partial charge in [0.2, 0.25) is 10.0 Å². The molecule has 35 heavy (non-hydrogen) atoms. The number of carbonyl (C=O) groups is 1. The minimum atomic E-state index is -3.64. The van der Waals surface area contributed by atoms with E-state index in [0.29, 0.717) is 45.6 Å². The number of benzene rings is 2. The van der Waals surface area contributed by atoms with Crippen molar-refractivity contribution in [3.8, 4) is 0 Å². The first kappa shape index (κ1) is 26.1. The summed E-state index contributed by atoms with van der Waals surface area (Å²) >= 11 is 15.6. The largest absolute Gasteiger partial charge is 0.339 e. The molecule has 1 aliphatic heterocycles. The quantitative estimate of drug-likeness (QED) is 0.434. The van der Waals surface area contributed by atoms with E-state index in [4.69, 9.17) is 23.2 Å². The van der Waals surface area contributed by atoms with Crippen LogP contribution < -0.4 is 4.72 Å². The second-order valence-electron chi connectivity index (χ2n) is 8.43. The number of nitrogens with zero attached hydrogens (tertiary/aromatic N) is 4. The zero-order chi connectivity index (χ0) is 25.2. The molecule has 0 aliphatic carbocycles. The summed E-state index contributed by atoms with van der Waals surface area (Å²) in [6.07, 6.45) is 4.35. The SMILES string of the molecule is CNS(=O)(=O)c1ccc(Br)c(C(=O)N2CCC(Cc3cn(Cc4ccc(Cl)cc4Cl)nn3)CC2)c1. The molecule has 186 valence electrons. The number of rotatable bonds is 7. The maximum absolute atomic E-state index is 13.1. The molecule has 12 heteroatoms. The van der Waals surface area contributed by atoms with Crippen molar-refractivity contribution < 1.29 is 13.2 Å². The van der Waals surface area contributed by atoms with Crippen LogP contribution in [0.15, 0.2) is 52.0 Å². The van der Waals surface area contributed by atoms with Crippen molar-refractivity contribution in [2.45, 2.75) is 30.7 Å². The molecule has 0 radical (unpaired) electrons. The number of hydrogen-bond acceptors (Lipinski definition) is 5. The Hall–Kier alpha value is -1.98. The molecular weight excluding hydrogens is 577 g/mol. The lowest BCUT2D eigenvalue weighted by Gasteiger charge is -2.32. The Morgan fingerprint density at radius 2 is 1.91 bits per heavy atom. The van der Waals surface area contributed by atoms with E-state index in [-0.39, 0.29) is 10.8 Å². The van der Waals surface area contributed by atoms with Crippen molar-refractivity contribution in [1.82, 2.24) is 24.6 Å². The summed E-state index contributed by atoms with van der Waals surface area (Å²) in [7, 11) is -2.29. The van der Waals surface area contributed by atoms with E-state index in [1.165, 1.54) is 19.2 Å². The number of amides is 1. The molecule has 1 aromatic heterocycles. The fourth-order valence-corrected chi connectivity index (χ4v) is 5.73. The van der Waals surface area contributed by atoms with Crippen molar-refractivity contribution in [1.29, 1.82) is 0 Å². The molecule has 0 bridgehead atoms. The number of halogens is 3. The minimum absolute atomic E-state index is 0.0596. The summed E-state index contributed by atoms with van der Waals surface area (Å²) in [5.74, 6) is 0.192. The fraction of sp³-hybridized carbons (Fsp3) is 0.348. The van der Waals surface area contributed by atoms with Gasteiger partial charge in [0.05, 0.1) is 22.7 Å². The van der Waals surface area contributed by atoms with Gasteiger partial charge >= 0.3 is 0 Å². The van der Waals surface area contributed by atoms with Gasteiger partial charge in [-0.2, -0.15) is 0 Å². The lowest BCUT2D eigenvalue weighted by atomic mass is 9.92. The molecule has 8 nitrogen and oxygen atoms in total. The fourth-order valence-electron chi connectivity index (χ4n) is 4.09. The van der Waals surface area contributed by atoms with Gasteiger partial charge in [0.15, 0.2) is 0 Å². The molecule has 2 aromatic carbocycles. The summed E-state index contributed by atoms with van der Waals surface area (Å²) in [5.41, 5.74) is 2.15. The highest BCUT2D eigenvalue weighted by atomic mass is 79.9. The van der Waals surface area contributed by atoms with Crippen LogP contribution in [0.25, 0.3) is 0 Å². The van der Waals surface area contributed by atoms with Gasteiger partial charge in [0.25, 0.3) is 5.91 Å². The maximum Gasteiger partial charge on any atom is 0.255 e. The average molecular weight is 601 g/mol. The topological polar surface area (TPSA) is 97.2 Å². The summed E-state index contributed by atoms with van der Waals surface area (Å²) in [6, 6.07) is 9.85. The molecule has 1 aliphatic rings. The molecule has 1 N–H and O–H groups in total. The Bertz CT molecular complexity index is 1340. The highest BCUT2D eigenvalue weighted by molar-refractivity contribution is 9.10. The molecule has 0 unspecified atom stereocenters. The van der Waals surface area contributed by atoms with E-state index in [0.717, 1.165) is 30.5 Å². The smallest absolute Gasteiger partial charge is 0.255 e. The van der Waals surface area contributed by atoms with Gasteiger partial charge in [-0.1, -0.05) is 34.5 Å². The van der Waals surface area contributed by atoms with Crippen LogP contribution in [0.1, 0.15) is 34.5 Å². The maximum atomic E-state index is 13.1. The minimum Gasteiger partial charge on any atom is -0.339 e. The van der Waals surface area contributed by atoms with Gasteiger partial charge in [-0.05, 0) is 84.1 Å². The van der Waals surface area contributed by atoms with Crippen LogP contribution in [0.2, 0.25) is 10.0 Å². The Kier molecular flexibility index (Phi) is 8.17. The Morgan fingerprint density at radius 3 is 2.60 bits per heavy atom. The van der Waals surface area contributed by atoms with Gasteiger partial charge in [-0.25, -0.2) is 17.8 Å². The third-order valence-electron chi connectivity index (χ3n) is 6.08. The van der Waals surface area contributed by atoms with Crippen LogP contribution in [0, 0.1) is 5.92 Å². The van der Waals surface area contributed by atoms with Crippen molar-refractivity contribution in [2.75, 3.05) is 20.1 Å². The predicted octanol–water partition coefficient (Wildman–Crippen LogP) is 4.40. The van der Waals surface area contributed by atoms with Crippen LogP contribution in [0.3, 0.4) is 0 Å². The Labute approximate surface area is 222 Å². The number of hydrogen-bond donors (Lipinski definition) is 1. The molecular formula is C23H24BrCl2N5O3S. The van der Waals surface area contributed by atoms with E-state index in [2.05, 4.69) is 31.0 Å². The summed E-state index contributed by atoms with van der Waals surface area (Å²) < 4.78 is 28.9. The molecule has 1 amide bonds. The van der Waals surface area contributed by atoms with Gasteiger partial charge in [0, 0.05) is 33.8 Å². The van der Waals surface area contributed by atoms with E-state index in [1.54, 1.807) is 27.8 Å². The molecule has 1 saturated heterocycles. The highest BCUT2D eigenvalue weighted by Gasteiger charge is 2.26. The van der Waals surface area contributed by atoms with Gasteiger partial charge < -0.3 is 4.90 Å². The summed E-state index contributed by atoms with van der Waals surface area (Å²) in [4.78, 5) is 14.9. The molecule has 3 aromatic rings. The molecule has 0 spiro atoms. The van der Waals surface area contributed by atoms with Crippen molar-refractivity contribution in [3.63, 3.8) is 0 Å². The first-order valence-electron chi connectivity index (χ1n) is 11.0. The molecule has 2 heterocycles. The van der Waals surface area contributed by atoms with Crippen molar-refractivity contribution in [3.05, 3.63) is 73.9 Å². The van der Waals surface area contributed by atoms with E-state index >= 15 is 0 Å². The third kappa shape index (κ3) is 6.24. The number of likely N-dealkylation sites (tertiary alicyclic amines) is 1. The number of carbonyl (C=O) groups excluding carboxylic acids is 1.